The normalized spacial score (nSPS) is 44.7. The average molecular weight is 347 g/mol. The zero-order valence-corrected chi connectivity index (χ0v) is 15.7. The number of fused-ring (bicyclic) bond motifs is 2. The van der Waals surface area contributed by atoms with Gasteiger partial charge in [0.05, 0.1) is 12.0 Å². The zero-order chi connectivity index (χ0) is 17.6. The van der Waals surface area contributed by atoms with Crippen LogP contribution in [0.25, 0.3) is 0 Å². The Labute approximate surface area is 151 Å². The number of esters is 1. The molecule has 4 heteroatoms. The van der Waals surface area contributed by atoms with Gasteiger partial charge in [-0.25, -0.2) is 0 Å². The molecular weight excluding hydrogens is 314 g/mol. The van der Waals surface area contributed by atoms with Crippen LogP contribution in [0.3, 0.4) is 0 Å². The van der Waals surface area contributed by atoms with Crippen molar-refractivity contribution in [3.8, 4) is 0 Å². The lowest BCUT2D eigenvalue weighted by molar-refractivity contribution is -0.144. The number of carbonyl (C=O) groups excluding carboxylic acids is 1. The molecule has 4 rings (SSSR count). The fourth-order valence-electron chi connectivity index (χ4n) is 5.90. The van der Waals surface area contributed by atoms with E-state index < -0.39 is 6.10 Å². The third kappa shape index (κ3) is 2.86. The first-order valence-electron chi connectivity index (χ1n) is 10.3. The number of hydrogen-bond donors (Lipinski definition) is 2. The lowest BCUT2D eigenvalue weighted by atomic mass is 9.55. The SMILES string of the molecule is CC1CCC=C2CC3OC(=O)C(CNC4CCCCC4)C3C(O)C21C. The van der Waals surface area contributed by atoms with Crippen LogP contribution in [0.15, 0.2) is 11.6 Å². The molecule has 2 N–H and O–H groups in total. The van der Waals surface area contributed by atoms with Gasteiger partial charge in [-0.2, -0.15) is 0 Å². The van der Waals surface area contributed by atoms with Gasteiger partial charge in [0.15, 0.2) is 0 Å². The molecule has 6 atom stereocenters. The highest BCUT2D eigenvalue weighted by molar-refractivity contribution is 5.76. The van der Waals surface area contributed by atoms with E-state index in [0.717, 1.165) is 19.3 Å². The molecule has 3 fully saturated rings. The van der Waals surface area contributed by atoms with Crippen molar-refractivity contribution in [3.63, 3.8) is 0 Å². The molecule has 0 amide bonds. The van der Waals surface area contributed by atoms with E-state index in [4.69, 9.17) is 4.74 Å². The van der Waals surface area contributed by atoms with Gasteiger partial charge in [0.1, 0.15) is 6.10 Å². The smallest absolute Gasteiger partial charge is 0.311 e. The molecule has 0 aromatic heterocycles. The largest absolute Gasteiger partial charge is 0.461 e. The van der Waals surface area contributed by atoms with Gasteiger partial charge >= 0.3 is 5.97 Å². The molecule has 0 aromatic rings. The molecule has 0 spiro atoms. The number of carbonyl (C=O) groups is 1. The van der Waals surface area contributed by atoms with Gasteiger partial charge in [0.2, 0.25) is 0 Å². The lowest BCUT2D eigenvalue weighted by Gasteiger charge is -2.51. The molecule has 25 heavy (non-hydrogen) atoms. The van der Waals surface area contributed by atoms with Gasteiger partial charge in [0, 0.05) is 30.3 Å². The fourth-order valence-corrected chi connectivity index (χ4v) is 5.90. The zero-order valence-electron chi connectivity index (χ0n) is 15.7. The van der Waals surface area contributed by atoms with Gasteiger partial charge in [-0.05, 0) is 31.6 Å². The topological polar surface area (TPSA) is 58.6 Å². The molecule has 4 aliphatic rings. The Morgan fingerprint density at radius 1 is 1.28 bits per heavy atom. The summed E-state index contributed by atoms with van der Waals surface area (Å²) in [6.45, 7) is 5.12. The number of rotatable bonds is 3. The molecule has 4 nitrogen and oxygen atoms in total. The maximum atomic E-state index is 12.6. The van der Waals surface area contributed by atoms with Crippen LogP contribution in [0.4, 0.5) is 0 Å². The Bertz CT molecular complexity index is 553. The van der Waals surface area contributed by atoms with Crippen LogP contribution in [-0.2, 0) is 9.53 Å². The maximum Gasteiger partial charge on any atom is 0.311 e. The second-order valence-corrected chi connectivity index (χ2v) is 9.04. The minimum Gasteiger partial charge on any atom is -0.461 e. The van der Waals surface area contributed by atoms with E-state index in [0.29, 0.717) is 18.5 Å². The Hall–Kier alpha value is -0.870. The number of aliphatic hydroxyl groups excluding tert-OH is 1. The number of hydrogen-bond acceptors (Lipinski definition) is 4. The molecule has 140 valence electrons. The molecular formula is C21H33NO3. The Kier molecular flexibility index (Phi) is 4.70. The van der Waals surface area contributed by atoms with Crippen molar-refractivity contribution in [2.75, 3.05) is 6.54 Å². The molecule has 1 aliphatic heterocycles. The Morgan fingerprint density at radius 2 is 2.04 bits per heavy atom. The molecule has 2 saturated carbocycles. The predicted octanol–water partition coefficient (Wildman–Crippen LogP) is 3.19. The highest BCUT2D eigenvalue weighted by Crippen LogP contribution is 2.55. The first kappa shape index (κ1) is 17.5. The average Bonchev–Trinajstić information content (AvgIpc) is 2.92. The number of allylic oxidation sites excluding steroid dienone is 1. The monoisotopic (exact) mass is 347 g/mol. The van der Waals surface area contributed by atoms with E-state index >= 15 is 0 Å². The second-order valence-electron chi connectivity index (χ2n) is 9.04. The molecule has 0 bridgehead atoms. The first-order chi connectivity index (χ1) is 12.0. The van der Waals surface area contributed by atoms with Crippen LogP contribution >= 0.6 is 0 Å². The summed E-state index contributed by atoms with van der Waals surface area (Å²) in [5, 5.41) is 14.9. The highest BCUT2D eigenvalue weighted by Gasteiger charge is 2.59. The predicted molar refractivity (Wildman–Crippen MR) is 96.9 cm³/mol. The van der Waals surface area contributed by atoms with E-state index in [9.17, 15) is 9.90 Å². The van der Waals surface area contributed by atoms with Crippen LogP contribution < -0.4 is 5.32 Å². The molecule has 6 unspecified atom stereocenters. The molecule has 1 saturated heterocycles. The highest BCUT2D eigenvalue weighted by atomic mass is 16.6. The van der Waals surface area contributed by atoms with Crippen LogP contribution in [0, 0.1) is 23.2 Å². The van der Waals surface area contributed by atoms with Crippen LogP contribution in [0.5, 0.6) is 0 Å². The molecule has 1 heterocycles. The number of ether oxygens (including phenoxy) is 1. The second kappa shape index (κ2) is 6.70. The quantitative estimate of drug-likeness (QED) is 0.608. The van der Waals surface area contributed by atoms with E-state index in [2.05, 4.69) is 25.2 Å². The van der Waals surface area contributed by atoms with Crippen molar-refractivity contribution in [2.45, 2.75) is 83.5 Å². The van der Waals surface area contributed by atoms with Crippen LogP contribution in [-0.4, -0.2) is 35.9 Å². The molecule has 0 aromatic carbocycles. The van der Waals surface area contributed by atoms with Crippen molar-refractivity contribution in [2.24, 2.45) is 23.2 Å². The van der Waals surface area contributed by atoms with Gasteiger partial charge < -0.3 is 15.2 Å². The number of nitrogens with one attached hydrogen (secondary N) is 1. The summed E-state index contributed by atoms with van der Waals surface area (Å²) < 4.78 is 5.74. The molecule has 3 aliphatic carbocycles. The summed E-state index contributed by atoms with van der Waals surface area (Å²) in [6.07, 6.45) is 11.0. The summed E-state index contributed by atoms with van der Waals surface area (Å²) in [4.78, 5) is 12.6. The third-order valence-corrected chi connectivity index (χ3v) is 7.80. The minimum absolute atomic E-state index is 0.0636. The third-order valence-electron chi connectivity index (χ3n) is 7.80. The summed E-state index contributed by atoms with van der Waals surface area (Å²) in [5.41, 5.74) is 1.12. The van der Waals surface area contributed by atoms with Crippen LogP contribution in [0.2, 0.25) is 0 Å². The standard InChI is InChI=1S/C21H33NO3/c1-13-7-6-8-14-11-17-18(19(23)21(13,14)2)16(20(24)25-17)12-22-15-9-4-3-5-10-15/h8,13,15-19,22-23H,3-7,9-12H2,1-2H3. The fraction of sp³-hybridized carbons (Fsp3) is 0.857. The van der Waals surface area contributed by atoms with Crippen molar-refractivity contribution in [3.05, 3.63) is 11.6 Å². The summed E-state index contributed by atoms with van der Waals surface area (Å²) in [5.74, 6) is 0.0830. The summed E-state index contributed by atoms with van der Waals surface area (Å²) in [7, 11) is 0. The van der Waals surface area contributed by atoms with Crippen molar-refractivity contribution < 1.29 is 14.6 Å². The van der Waals surface area contributed by atoms with E-state index in [1.807, 2.05) is 0 Å². The Morgan fingerprint density at radius 3 is 2.80 bits per heavy atom. The van der Waals surface area contributed by atoms with E-state index in [1.54, 1.807) is 0 Å². The maximum absolute atomic E-state index is 12.6. The lowest BCUT2D eigenvalue weighted by Crippen LogP contribution is -2.54. The van der Waals surface area contributed by atoms with E-state index in [1.165, 1.54) is 37.7 Å². The first-order valence-corrected chi connectivity index (χ1v) is 10.3. The minimum atomic E-state index is -0.489. The van der Waals surface area contributed by atoms with Crippen molar-refractivity contribution in [1.29, 1.82) is 0 Å². The summed E-state index contributed by atoms with van der Waals surface area (Å²) in [6, 6.07) is 0.529. The van der Waals surface area contributed by atoms with Gasteiger partial charge in [-0.15, -0.1) is 0 Å². The van der Waals surface area contributed by atoms with Crippen LogP contribution in [0.1, 0.15) is 65.2 Å². The van der Waals surface area contributed by atoms with Crippen molar-refractivity contribution >= 4 is 5.97 Å². The van der Waals surface area contributed by atoms with Crippen molar-refractivity contribution in [1.82, 2.24) is 5.32 Å². The Balaban J connectivity index is 1.51. The molecule has 0 radical (unpaired) electrons. The van der Waals surface area contributed by atoms with Gasteiger partial charge in [-0.3, -0.25) is 4.79 Å². The van der Waals surface area contributed by atoms with Gasteiger partial charge in [0.25, 0.3) is 0 Å². The number of aliphatic hydroxyl groups is 1. The summed E-state index contributed by atoms with van der Waals surface area (Å²) >= 11 is 0. The van der Waals surface area contributed by atoms with E-state index in [-0.39, 0.29) is 29.3 Å². The van der Waals surface area contributed by atoms with Gasteiger partial charge in [-0.1, -0.05) is 44.8 Å².